The lowest BCUT2D eigenvalue weighted by Gasteiger charge is -2.14. The average molecular weight is 454 g/mol. The maximum absolute atomic E-state index is 12.5. The number of carbonyl (C=O) groups is 3. The summed E-state index contributed by atoms with van der Waals surface area (Å²) in [7, 11) is 0. The molecule has 0 aliphatic carbocycles. The second kappa shape index (κ2) is 10.6. The van der Waals surface area contributed by atoms with E-state index in [0.29, 0.717) is 9.23 Å². The molecule has 3 amide bonds. The molecule has 0 bridgehead atoms. The van der Waals surface area contributed by atoms with Crippen LogP contribution in [0.25, 0.3) is 6.08 Å². The number of hydrogen-bond acceptors (Lipinski definition) is 6. The van der Waals surface area contributed by atoms with Crippen LogP contribution in [0.3, 0.4) is 0 Å². The molecule has 0 radical (unpaired) electrons. The third-order valence-electron chi connectivity index (χ3n) is 4.22. The van der Waals surface area contributed by atoms with Crippen LogP contribution in [0.5, 0.6) is 5.75 Å². The summed E-state index contributed by atoms with van der Waals surface area (Å²) in [4.78, 5) is 38.4. The number of hydrazine groups is 1. The Morgan fingerprint density at radius 3 is 2.48 bits per heavy atom. The second-order valence-corrected chi connectivity index (χ2v) is 8.10. The molecule has 158 valence electrons. The second-order valence-electron chi connectivity index (χ2n) is 6.42. The molecule has 31 heavy (non-hydrogen) atoms. The van der Waals surface area contributed by atoms with Crippen molar-refractivity contribution in [3.8, 4) is 5.75 Å². The van der Waals surface area contributed by atoms with E-state index in [1.54, 1.807) is 12.2 Å². The van der Waals surface area contributed by atoms with Gasteiger partial charge in [0.2, 0.25) is 5.91 Å². The zero-order valence-corrected chi connectivity index (χ0v) is 17.9. The van der Waals surface area contributed by atoms with Crippen molar-refractivity contribution in [1.82, 2.24) is 15.8 Å². The van der Waals surface area contributed by atoms with Gasteiger partial charge in [-0.2, -0.15) is 0 Å². The van der Waals surface area contributed by atoms with Gasteiger partial charge >= 0.3 is 0 Å². The highest BCUT2D eigenvalue weighted by Crippen LogP contribution is 2.31. The number of amides is 3. The summed E-state index contributed by atoms with van der Waals surface area (Å²) in [5, 5.41) is 9.24. The average Bonchev–Trinajstić information content (AvgIpc) is 3.04. The van der Waals surface area contributed by atoms with Crippen LogP contribution >= 0.6 is 24.0 Å². The topological polar surface area (TPSA) is 98.7 Å². The van der Waals surface area contributed by atoms with E-state index in [0.717, 1.165) is 5.56 Å². The predicted molar refractivity (Wildman–Crippen MR) is 124 cm³/mol. The summed E-state index contributed by atoms with van der Waals surface area (Å²) in [6, 6.07) is 15.3. The van der Waals surface area contributed by atoms with Crippen molar-refractivity contribution in [3.05, 3.63) is 82.8 Å². The van der Waals surface area contributed by atoms with E-state index >= 15 is 0 Å². The molecule has 1 saturated heterocycles. The van der Waals surface area contributed by atoms with Crippen LogP contribution in [0, 0.1) is 0 Å². The van der Waals surface area contributed by atoms with Crippen molar-refractivity contribution >= 4 is 52.1 Å². The molecule has 0 spiro atoms. The van der Waals surface area contributed by atoms with Gasteiger partial charge in [-0.15, -0.1) is 0 Å². The molecule has 1 fully saturated rings. The molecule has 2 aromatic carbocycles. The van der Waals surface area contributed by atoms with Gasteiger partial charge in [0.1, 0.15) is 10.1 Å². The minimum atomic E-state index is -0.521. The molecule has 3 rings (SSSR count). The number of thioether (sulfide) groups is 1. The fourth-order valence-corrected chi connectivity index (χ4v) is 3.87. The Morgan fingerprint density at radius 2 is 1.77 bits per heavy atom. The Bertz CT molecular complexity index is 1050. The number of nitrogens with zero attached hydrogens (tertiary/aromatic N) is 1. The highest BCUT2D eigenvalue weighted by atomic mass is 32.2. The molecule has 0 aromatic heterocycles. The molecule has 0 saturated carbocycles. The first kappa shape index (κ1) is 22.3. The summed E-state index contributed by atoms with van der Waals surface area (Å²) in [5.41, 5.74) is 5.88. The number of phenols is 1. The fraction of sp³-hybridized carbons (Fsp3) is 0.0909. The van der Waals surface area contributed by atoms with Crippen molar-refractivity contribution in [1.29, 1.82) is 0 Å². The molecule has 1 aliphatic rings. The number of aromatic hydroxyl groups is 1. The van der Waals surface area contributed by atoms with Gasteiger partial charge in [-0.3, -0.25) is 30.1 Å². The number of phenolic OH excluding ortho intramolecular Hbond substituents is 1. The van der Waals surface area contributed by atoms with E-state index in [1.165, 1.54) is 40.9 Å². The monoisotopic (exact) mass is 453 g/mol. The van der Waals surface area contributed by atoms with Crippen molar-refractivity contribution in [2.24, 2.45) is 0 Å². The quantitative estimate of drug-likeness (QED) is 0.353. The lowest BCUT2D eigenvalue weighted by Crippen LogP contribution is -2.43. The van der Waals surface area contributed by atoms with Gasteiger partial charge in [-0.1, -0.05) is 66.5 Å². The zero-order valence-electron chi connectivity index (χ0n) is 16.3. The standard InChI is InChI=1S/C22H19N3O4S2/c26-17-11-9-16(10-12-17)20(28)24-23-19(27)13-14-25-21(29)18(31-22(25)30)8-4-7-15-5-2-1-3-6-15/h1-12,26H,13-14H2,(H,23,27)(H,24,28). The Hall–Kier alpha value is -3.43. The van der Waals surface area contributed by atoms with Gasteiger partial charge in [0.25, 0.3) is 11.8 Å². The molecule has 1 heterocycles. The largest absolute Gasteiger partial charge is 0.508 e. The summed E-state index contributed by atoms with van der Waals surface area (Å²) in [6.45, 7) is 0.102. The number of nitrogens with one attached hydrogen (secondary N) is 2. The molecule has 3 N–H and O–H groups in total. The number of benzene rings is 2. The third kappa shape index (κ3) is 6.27. The van der Waals surface area contributed by atoms with Gasteiger partial charge in [0.15, 0.2) is 0 Å². The molecular formula is C22H19N3O4S2. The van der Waals surface area contributed by atoms with Crippen LogP contribution in [-0.2, 0) is 9.59 Å². The van der Waals surface area contributed by atoms with E-state index in [-0.39, 0.29) is 30.2 Å². The van der Waals surface area contributed by atoms with E-state index in [2.05, 4.69) is 10.9 Å². The molecule has 9 heteroatoms. The maximum atomic E-state index is 12.5. The van der Waals surface area contributed by atoms with Crippen LogP contribution in [-0.4, -0.2) is 38.6 Å². The van der Waals surface area contributed by atoms with Crippen molar-refractivity contribution in [3.63, 3.8) is 0 Å². The molecule has 0 unspecified atom stereocenters. The minimum absolute atomic E-state index is 0.0323. The SMILES string of the molecule is O=C(CCN1C(=O)C(=CC=Cc2ccccc2)SC1=S)NNC(=O)c1ccc(O)cc1. The van der Waals surface area contributed by atoms with Crippen molar-refractivity contribution in [2.75, 3.05) is 6.54 Å². The van der Waals surface area contributed by atoms with E-state index in [4.69, 9.17) is 12.2 Å². The van der Waals surface area contributed by atoms with Crippen LogP contribution in [0.1, 0.15) is 22.3 Å². The number of rotatable bonds is 6. The van der Waals surface area contributed by atoms with Crippen LogP contribution < -0.4 is 10.9 Å². The first-order valence-corrected chi connectivity index (χ1v) is 10.5. The molecule has 1 aliphatic heterocycles. The lowest BCUT2D eigenvalue weighted by molar-refractivity contribution is -0.124. The normalized spacial score (nSPS) is 15.0. The maximum Gasteiger partial charge on any atom is 0.269 e. The number of hydrogen-bond donors (Lipinski definition) is 3. The molecular weight excluding hydrogens is 434 g/mol. The molecule has 7 nitrogen and oxygen atoms in total. The summed E-state index contributed by atoms with van der Waals surface area (Å²) >= 11 is 6.43. The van der Waals surface area contributed by atoms with Crippen LogP contribution in [0.15, 0.2) is 71.7 Å². The van der Waals surface area contributed by atoms with Gasteiger partial charge in [0.05, 0.1) is 4.91 Å². The van der Waals surface area contributed by atoms with Gasteiger partial charge in [0, 0.05) is 18.5 Å². The fourth-order valence-electron chi connectivity index (χ4n) is 2.60. The number of allylic oxidation sites excluding steroid dienone is 2. The zero-order chi connectivity index (χ0) is 22.2. The molecule has 2 aromatic rings. The number of thiocarbonyl (C=S) groups is 1. The summed E-state index contributed by atoms with van der Waals surface area (Å²) in [6.07, 6.45) is 5.34. The van der Waals surface area contributed by atoms with E-state index in [1.807, 2.05) is 36.4 Å². The van der Waals surface area contributed by atoms with Gasteiger partial charge in [-0.25, -0.2) is 0 Å². The Kier molecular flexibility index (Phi) is 7.58. The Balaban J connectivity index is 1.47. The van der Waals surface area contributed by atoms with E-state index in [9.17, 15) is 19.5 Å². The van der Waals surface area contributed by atoms with E-state index < -0.39 is 11.8 Å². The van der Waals surface area contributed by atoms with Crippen LogP contribution in [0.4, 0.5) is 0 Å². The van der Waals surface area contributed by atoms with Gasteiger partial charge in [-0.05, 0) is 35.9 Å². The summed E-state index contributed by atoms with van der Waals surface area (Å²) in [5.74, 6) is -1.21. The summed E-state index contributed by atoms with van der Waals surface area (Å²) < 4.78 is 0.380. The Morgan fingerprint density at radius 1 is 1.06 bits per heavy atom. The van der Waals surface area contributed by atoms with Crippen molar-refractivity contribution in [2.45, 2.75) is 6.42 Å². The van der Waals surface area contributed by atoms with Gasteiger partial charge < -0.3 is 5.11 Å². The Labute approximate surface area is 188 Å². The first-order valence-electron chi connectivity index (χ1n) is 9.29. The molecule has 0 atom stereocenters. The lowest BCUT2D eigenvalue weighted by atomic mass is 10.2. The smallest absolute Gasteiger partial charge is 0.269 e. The minimum Gasteiger partial charge on any atom is -0.508 e. The van der Waals surface area contributed by atoms with Crippen molar-refractivity contribution < 1.29 is 19.5 Å². The first-order chi connectivity index (χ1) is 14.9. The third-order valence-corrected chi connectivity index (χ3v) is 5.61. The number of carbonyl (C=O) groups excluding carboxylic acids is 3. The van der Waals surface area contributed by atoms with Crippen LogP contribution in [0.2, 0.25) is 0 Å². The highest BCUT2D eigenvalue weighted by Gasteiger charge is 2.31. The predicted octanol–water partition coefficient (Wildman–Crippen LogP) is 3.00. The highest BCUT2D eigenvalue weighted by molar-refractivity contribution is 8.26.